The fourth-order valence-electron chi connectivity index (χ4n) is 4.51. The lowest BCUT2D eigenvalue weighted by atomic mass is 10.0. The molecule has 0 atom stereocenters. The molecule has 0 unspecified atom stereocenters. The van der Waals surface area contributed by atoms with Gasteiger partial charge in [-0.2, -0.15) is 0 Å². The van der Waals surface area contributed by atoms with Crippen LogP contribution in [0.4, 0.5) is 26.3 Å². The first-order chi connectivity index (χ1) is 19.2. The fraction of sp³-hybridized carbons (Fsp3) is 0.357. The third kappa shape index (κ3) is 6.32. The average Bonchev–Trinajstić information content (AvgIpc) is 3.66. The van der Waals surface area contributed by atoms with Crippen molar-refractivity contribution in [1.82, 2.24) is 4.90 Å². The highest BCUT2D eigenvalue weighted by Gasteiger charge is 2.49. The van der Waals surface area contributed by atoms with Gasteiger partial charge in [0.2, 0.25) is 0 Å². The van der Waals surface area contributed by atoms with Gasteiger partial charge in [0.05, 0.1) is 23.3 Å². The summed E-state index contributed by atoms with van der Waals surface area (Å²) in [6.07, 6.45) is -2.30. The van der Waals surface area contributed by atoms with Crippen molar-refractivity contribution in [2.75, 3.05) is 6.54 Å². The predicted octanol–water partition coefficient (Wildman–Crippen LogP) is 10.5. The molecule has 0 N–H and O–H groups in total. The van der Waals surface area contributed by atoms with Crippen molar-refractivity contribution < 1.29 is 35.9 Å². The molecule has 4 aromatic heterocycles. The van der Waals surface area contributed by atoms with Crippen molar-refractivity contribution in [3.05, 3.63) is 57.8 Å². The molecule has 0 saturated carbocycles. The summed E-state index contributed by atoms with van der Waals surface area (Å²) in [7, 11) is 0. The minimum Gasteiger partial charge on any atom is -0.274 e. The number of fused-ring (bicyclic) bond motifs is 1. The SMILES string of the molecule is CCCCN1C(=O)c2cc(-c3ccc(-c4ccc(-c5ccc(C(F)(F)CC(F)(F)CC(C)(F)F)s5)s4)s3)sc2C1=O. The van der Waals surface area contributed by atoms with Crippen LogP contribution >= 0.6 is 45.3 Å². The zero-order valence-electron chi connectivity index (χ0n) is 21.7. The van der Waals surface area contributed by atoms with Gasteiger partial charge in [-0.25, -0.2) is 26.3 Å². The molecular formula is C28H23F6NO2S4. The molecular weight excluding hydrogens is 625 g/mol. The number of amides is 2. The normalized spacial score (nSPS) is 14.4. The number of thiophene rings is 4. The number of hydrogen-bond acceptors (Lipinski definition) is 6. The van der Waals surface area contributed by atoms with Gasteiger partial charge in [-0.1, -0.05) is 13.3 Å². The summed E-state index contributed by atoms with van der Waals surface area (Å²) in [6.45, 7) is 2.68. The first kappa shape index (κ1) is 30.0. The third-order valence-corrected chi connectivity index (χ3v) is 11.4. The van der Waals surface area contributed by atoms with E-state index in [0.29, 0.717) is 38.1 Å². The maximum Gasteiger partial charge on any atom is 0.287 e. The number of imide groups is 1. The zero-order chi connectivity index (χ0) is 29.7. The van der Waals surface area contributed by atoms with Crippen LogP contribution in [-0.4, -0.2) is 35.1 Å². The van der Waals surface area contributed by atoms with E-state index < -0.39 is 35.5 Å². The number of unbranched alkanes of at least 4 members (excludes halogenated alkanes) is 1. The number of carbonyl (C=O) groups excluding carboxylic acids is 2. The number of hydrogen-bond donors (Lipinski definition) is 0. The van der Waals surface area contributed by atoms with Crippen LogP contribution in [0.2, 0.25) is 0 Å². The molecule has 0 aliphatic carbocycles. The highest BCUT2D eigenvalue weighted by Crippen LogP contribution is 2.48. The van der Waals surface area contributed by atoms with Gasteiger partial charge in [0, 0.05) is 35.8 Å². The van der Waals surface area contributed by atoms with Gasteiger partial charge in [0.15, 0.2) is 0 Å². The standard InChI is InChI=1S/C28H23F6NO2S4/c1-3-4-11-35-24(36)15-12-21(41-23(15)25(35)37)20-8-7-17(39-20)16-5-6-18(38-16)19-9-10-22(40-19)28(33,34)14-27(31,32)13-26(2,29)30/h5-10,12H,3-4,11,13-14H2,1-2H3. The molecule has 0 radical (unpaired) electrons. The van der Waals surface area contributed by atoms with Gasteiger partial charge in [-0.05, 0) is 55.8 Å². The van der Waals surface area contributed by atoms with Crippen molar-refractivity contribution in [2.24, 2.45) is 0 Å². The van der Waals surface area contributed by atoms with E-state index in [1.165, 1.54) is 45.0 Å². The Morgan fingerprint density at radius 1 is 0.707 bits per heavy atom. The highest BCUT2D eigenvalue weighted by atomic mass is 32.1. The average molecular weight is 648 g/mol. The molecule has 4 aromatic rings. The molecule has 0 spiro atoms. The van der Waals surface area contributed by atoms with Crippen LogP contribution in [0, 0.1) is 0 Å². The van der Waals surface area contributed by atoms with Gasteiger partial charge in [-0.15, -0.1) is 45.3 Å². The number of carbonyl (C=O) groups is 2. The van der Waals surface area contributed by atoms with Gasteiger partial charge in [0.1, 0.15) is 4.88 Å². The summed E-state index contributed by atoms with van der Waals surface area (Å²) in [5.41, 5.74) is 0.422. The Balaban J connectivity index is 1.30. The number of halogens is 6. The van der Waals surface area contributed by atoms with Crippen LogP contribution < -0.4 is 0 Å². The minimum absolute atomic E-state index is 0.262. The van der Waals surface area contributed by atoms with E-state index in [2.05, 4.69) is 0 Å². The van der Waals surface area contributed by atoms with E-state index in [9.17, 15) is 35.9 Å². The molecule has 3 nitrogen and oxygen atoms in total. The second-order valence-corrected chi connectivity index (χ2v) is 14.2. The van der Waals surface area contributed by atoms with E-state index >= 15 is 0 Å². The molecule has 13 heteroatoms. The van der Waals surface area contributed by atoms with Crippen molar-refractivity contribution in [1.29, 1.82) is 0 Å². The molecule has 1 aliphatic rings. The van der Waals surface area contributed by atoms with Gasteiger partial charge < -0.3 is 0 Å². The molecule has 5 heterocycles. The van der Waals surface area contributed by atoms with E-state index in [4.69, 9.17) is 0 Å². The predicted molar refractivity (Wildman–Crippen MR) is 153 cm³/mol. The Kier molecular flexibility index (Phi) is 8.03. The Hall–Kier alpha value is -2.48. The Morgan fingerprint density at radius 3 is 1.78 bits per heavy atom. The maximum absolute atomic E-state index is 14.6. The fourth-order valence-corrected chi connectivity index (χ4v) is 8.86. The van der Waals surface area contributed by atoms with Crippen LogP contribution in [0.5, 0.6) is 0 Å². The van der Waals surface area contributed by atoms with Crippen LogP contribution in [0.25, 0.3) is 29.3 Å². The largest absolute Gasteiger partial charge is 0.287 e. The second-order valence-electron chi connectivity index (χ2n) is 9.94. The maximum atomic E-state index is 14.6. The topological polar surface area (TPSA) is 37.4 Å². The summed E-state index contributed by atoms with van der Waals surface area (Å²) >= 11 is 4.75. The summed E-state index contributed by atoms with van der Waals surface area (Å²) < 4.78 is 83.1. The van der Waals surface area contributed by atoms with Crippen molar-refractivity contribution in [2.45, 2.75) is 57.3 Å². The van der Waals surface area contributed by atoms with Crippen LogP contribution in [0.15, 0.2) is 42.5 Å². The van der Waals surface area contributed by atoms with Gasteiger partial charge >= 0.3 is 0 Å². The smallest absolute Gasteiger partial charge is 0.274 e. The van der Waals surface area contributed by atoms with E-state index in [1.54, 1.807) is 12.1 Å². The van der Waals surface area contributed by atoms with Crippen LogP contribution in [0.1, 0.15) is 64.4 Å². The number of nitrogens with zero attached hydrogens (tertiary/aromatic N) is 1. The summed E-state index contributed by atoms with van der Waals surface area (Å²) in [6, 6.07) is 11.6. The summed E-state index contributed by atoms with van der Waals surface area (Å²) in [5.74, 6) is -12.5. The van der Waals surface area contributed by atoms with Crippen molar-refractivity contribution in [3.8, 4) is 29.3 Å². The molecule has 41 heavy (non-hydrogen) atoms. The summed E-state index contributed by atoms with van der Waals surface area (Å²) in [4.78, 5) is 31.1. The molecule has 2 amide bonds. The van der Waals surface area contributed by atoms with E-state index in [0.717, 1.165) is 38.4 Å². The Labute approximate surface area is 248 Å². The minimum atomic E-state index is -4.23. The van der Waals surface area contributed by atoms with Crippen molar-refractivity contribution >= 4 is 57.2 Å². The summed E-state index contributed by atoms with van der Waals surface area (Å²) in [5, 5.41) is 0. The number of rotatable bonds is 11. The van der Waals surface area contributed by atoms with Crippen LogP contribution in [0.3, 0.4) is 0 Å². The Morgan fingerprint density at radius 2 is 1.24 bits per heavy atom. The van der Waals surface area contributed by atoms with E-state index in [1.807, 2.05) is 25.1 Å². The third-order valence-electron chi connectivity index (χ3n) is 6.34. The van der Waals surface area contributed by atoms with Crippen molar-refractivity contribution in [3.63, 3.8) is 0 Å². The molecule has 1 aliphatic heterocycles. The quantitative estimate of drug-likeness (QED) is 0.120. The molecule has 218 valence electrons. The number of alkyl halides is 6. The monoisotopic (exact) mass is 647 g/mol. The molecule has 0 bridgehead atoms. The molecule has 0 fully saturated rings. The lowest BCUT2D eigenvalue weighted by Gasteiger charge is -2.24. The lowest BCUT2D eigenvalue weighted by molar-refractivity contribution is -0.153. The first-order valence-electron chi connectivity index (χ1n) is 12.6. The molecule has 0 aromatic carbocycles. The van der Waals surface area contributed by atoms with Gasteiger partial charge in [0.25, 0.3) is 29.6 Å². The zero-order valence-corrected chi connectivity index (χ0v) is 25.0. The van der Waals surface area contributed by atoms with E-state index in [-0.39, 0.29) is 18.7 Å². The Bertz CT molecular complexity index is 1560. The first-order valence-corrected chi connectivity index (χ1v) is 15.9. The second kappa shape index (κ2) is 11.0. The molecule has 5 rings (SSSR count). The van der Waals surface area contributed by atoms with Crippen LogP contribution in [-0.2, 0) is 5.92 Å². The molecule has 0 saturated heterocycles. The lowest BCUT2D eigenvalue weighted by Crippen LogP contribution is -2.32. The highest BCUT2D eigenvalue weighted by molar-refractivity contribution is 7.28. The van der Waals surface area contributed by atoms with Gasteiger partial charge in [-0.3, -0.25) is 14.5 Å².